The van der Waals surface area contributed by atoms with E-state index in [1.54, 1.807) is 27.0 Å². The minimum Gasteiger partial charge on any atom is -0.392 e. The van der Waals surface area contributed by atoms with Gasteiger partial charge in [-0.1, -0.05) is 19.1 Å². The first-order valence-corrected chi connectivity index (χ1v) is 6.19. The number of nitrogens with two attached hydrogens (primary N) is 1. The van der Waals surface area contributed by atoms with E-state index in [1.165, 1.54) is 4.90 Å². The molecule has 0 fully saturated rings. The lowest BCUT2D eigenvalue weighted by Crippen LogP contribution is -2.43. The Kier molecular flexibility index (Phi) is 4.72. The predicted octanol–water partition coefficient (Wildman–Crippen LogP) is 1.09. The molecule has 0 radical (unpaired) electrons. The van der Waals surface area contributed by atoms with Crippen molar-refractivity contribution < 1.29 is 4.79 Å². The van der Waals surface area contributed by atoms with E-state index in [0.717, 1.165) is 0 Å². The fourth-order valence-corrected chi connectivity index (χ4v) is 1.68. The van der Waals surface area contributed by atoms with Crippen LogP contribution in [0.1, 0.15) is 35.6 Å². The van der Waals surface area contributed by atoms with Crippen LogP contribution in [0.3, 0.4) is 0 Å². The van der Waals surface area contributed by atoms with Crippen LogP contribution in [0, 0.1) is 6.92 Å². The Balaban J connectivity index is 3.10. The van der Waals surface area contributed by atoms with Gasteiger partial charge in [0.05, 0.1) is 28.0 Å². The first-order valence-electron chi connectivity index (χ1n) is 5.78. The Labute approximate surface area is 112 Å². The van der Waals surface area contributed by atoms with Gasteiger partial charge in [0.15, 0.2) is 0 Å². The molecule has 1 aromatic heterocycles. The Morgan fingerprint density at radius 2 is 2.17 bits per heavy atom. The number of hydrogen-bond acceptors (Lipinski definition) is 4. The highest BCUT2D eigenvalue weighted by molar-refractivity contribution is 7.80. The van der Waals surface area contributed by atoms with Gasteiger partial charge in [0.25, 0.3) is 5.91 Å². The van der Waals surface area contributed by atoms with E-state index >= 15 is 0 Å². The van der Waals surface area contributed by atoms with E-state index in [4.69, 9.17) is 18.0 Å². The van der Waals surface area contributed by atoms with Crippen molar-refractivity contribution in [2.45, 2.75) is 33.2 Å². The number of carbonyl (C=O) groups excluding carboxylic acids is 1. The standard InChI is InChI=1S/C12H18N4OS/c1-5-10-9(6-7(2)14-15-10)12(17)16(4)8(3)11(13)18/h6,8H,5H2,1-4H3,(H2,13,18). The molecule has 1 unspecified atom stereocenters. The Morgan fingerprint density at radius 1 is 1.56 bits per heavy atom. The molecule has 1 atom stereocenters. The molecule has 6 heteroatoms. The van der Waals surface area contributed by atoms with Crippen LogP contribution < -0.4 is 5.73 Å². The van der Waals surface area contributed by atoms with Gasteiger partial charge < -0.3 is 10.6 Å². The van der Waals surface area contributed by atoms with E-state index < -0.39 is 0 Å². The van der Waals surface area contributed by atoms with Crippen LogP contribution in [0.25, 0.3) is 0 Å². The fraction of sp³-hybridized carbons (Fsp3) is 0.500. The van der Waals surface area contributed by atoms with Crippen LogP contribution in [0.15, 0.2) is 6.07 Å². The number of nitrogens with zero attached hydrogens (tertiary/aromatic N) is 3. The molecule has 0 aromatic carbocycles. The zero-order valence-corrected chi connectivity index (χ0v) is 11.9. The molecule has 2 N–H and O–H groups in total. The number of likely N-dealkylation sites (N-methyl/N-ethyl adjacent to an activating group) is 1. The number of thiocarbonyl (C=S) groups is 1. The van der Waals surface area contributed by atoms with Crippen molar-refractivity contribution in [3.63, 3.8) is 0 Å². The Morgan fingerprint density at radius 3 is 2.67 bits per heavy atom. The zero-order valence-electron chi connectivity index (χ0n) is 11.1. The molecule has 1 amide bonds. The van der Waals surface area contributed by atoms with E-state index in [1.807, 2.05) is 6.92 Å². The molecule has 1 aromatic rings. The highest BCUT2D eigenvalue weighted by Gasteiger charge is 2.22. The summed E-state index contributed by atoms with van der Waals surface area (Å²) in [5.74, 6) is -0.134. The molecule has 0 spiro atoms. The van der Waals surface area contributed by atoms with E-state index in [9.17, 15) is 4.79 Å². The first kappa shape index (κ1) is 14.5. The lowest BCUT2D eigenvalue weighted by molar-refractivity contribution is 0.0777. The number of carbonyl (C=O) groups is 1. The van der Waals surface area contributed by atoms with Gasteiger partial charge in [-0.3, -0.25) is 4.79 Å². The average Bonchev–Trinajstić information content (AvgIpc) is 2.35. The molecule has 5 nitrogen and oxygen atoms in total. The van der Waals surface area contributed by atoms with Crippen LogP contribution in [-0.4, -0.2) is 39.1 Å². The first-order chi connectivity index (χ1) is 8.38. The summed E-state index contributed by atoms with van der Waals surface area (Å²) in [6.07, 6.45) is 0.656. The summed E-state index contributed by atoms with van der Waals surface area (Å²) in [6.45, 7) is 5.54. The van der Waals surface area contributed by atoms with Gasteiger partial charge in [0.2, 0.25) is 0 Å². The second-order valence-corrected chi connectivity index (χ2v) is 4.67. The van der Waals surface area contributed by atoms with Gasteiger partial charge in [-0.2, -0.15) is 10.2 Å². The molecule has 0 bridgehead atoms. The van der Waals surface area contributed by atoms with E-state index in [2.05, 4.69) is 10.2 Å². The summed E-state index contributed by atoms with van der Waals surface area (Å²) >= 11 is 4.91. The van der Waals surface area contributed by atoms with Crippen LogP contribution in [0.2, 0.25) is 0 Å². The molecule has 0 saturated heterocycles. The highest BCUT2D eigenvalue weighted by Crippen LogP contribution is 2.12. The van der Waals surface area contributed by atoms with Crippen LogP contribution in [-0.2, 0) is 6.42 Å². The van der Waals surface area contributed by atoms with Crippen molar-refractivity contribution in [3.8, 4) is 0 Å². The summed E-state index contributed by atoms with van der Waals surface area (Å²) < 4.78 is 0. The molecule has 0 aliphatic carbocycles. The molecular weight excluding hydrogens is 248 g/mol. The lowest BCUT2D eigenvalue weighted by atomic mass is 10.1. The van der Waals surface area contributed by atoms with E-state index in [-0.39, 0.29) is 11.9 Å². The van der Waals surface area contributed by atoms with Crippen LogP contribution in [0.5, 0.6) is 0 Å². The minimum absolute atomic E-state index is 0.134. The SMILES string of the molecule is CCc1nnc(C)cc1C(=O)N(C)C(C)C(N)=S. The molecule has 1 heterocycles. The number of aromatic nitrogens is 2. The average molecular weight is 266 g/mol. The third kappa shape index (κ3) is 3.01. The van der Waals surface area contributed by atoms with Crippen molar-refractivity contribution in [3.05, 3.63) is 23.0 Å². The normalized spacial score (nSPS) is 12.0. The van der Waals surface area contributed by atoms with Gasteiger partial charge in [0, 0.05) is 7.05 Å². The van der Waals surface area contributed by atoms with Crippen molar-refractivity contribution in [1.29, 1.82) is 0 Å². The Hall–Kier alpha value is -1.56. The largest absolute Gasteiger partial charge is 0.392 e. The summed E-state index contributed by atoms with van der Waals surface area (Å²) in [7, 11) is 1.68. The molecule has 18 heavy (non-hydrogen) atoms. The predicted molar refractivity (Wildman–Crippen MR) is 74.5 cm³/mol. The Bertz CT molecular complexity index is 475. The van der Waals surface area contributed by atoms with Crippen LogP contribution >= 0.6 is 12.2 Å². The topological polar surface area (TPSA) is 72.1 Å². The smallest absolute Gasteiger partial charge is 0.256 e. The maximum atomic E-state index is 12.4. The second kappa shape index (κ2) is 5.86. The maximum absolute atomic E-state index is 12.4. The highest BCUT2D eigenvalue weighted by atomic mass is 32.1. The summed E-state index contributed by atoms with van der Waals surface area (Å²) in [6, 6.07) is 1.46. The van der Waals surface area contributed by atoms with Gasteiger partial charge in [0.1, 0.15) is 0 Å². The van der Waals surface area contributed by atoms with Gasteiger partial charge in [-0.25, -0.2) is 0 Å². The van der Waals surface area contributed by atoms with Crippen molar-refractivity contribution in [2.75, 3.05) is 7.05 Å². The summed E-state index contributed by atoms with van der Waals surface area (Å²) in [4.78, 5) is 14.2. The second-order valence-electron chi connectivity index (χ2n) is 4.19. The number of aryl methyl sites for hydroxylation is 2. The molecular formula is C12H18N4OS. The van der Waals surface area contributed by atoms with Crippen molar-refractivity contribution in [2.24, 2.45) is 5.73 Å². The molecule has 1 rings (SSSR count). The van der Waals surface area contributed by atoms with Gasteiger partial charge >= 0.3 is 0 Å². The third-order valence-corrected chi connectivity index (χ3v) is 3.21. The molecule has 98 valence electrons. The maximum Gasteiger partial charge on any atom is 0.256 e. The summed E-state index contributed by atoms with van der Waals surface area (Å²) in [5.41, 5.74) is 7.53. The fourth-order valence-electron chi connectivity index (χ4n) is 1.52. The van der Waals surface area contributed by atoms with Crippen molar-refractivity contribution >= 4 is 23.1 Å². The third-order valence-electron chi connectivity index (χ3n) is 2.87. The van der Waals surface area contributed by atoms with Gasteiger partial charge in [-0.05, 0) is 26.3 Å². The number of amides is 1. The lowest BCUT2D eigenvalue weighted by Gasteiger charge is -2.24. The van der Waals surface area contributed by atoms with Crippen LogP contribution in [0.4, 0.5) is 0 Å². The zero-order chi connectivity index (χ0) is 13.9. The number of rotatable bonds is 4. The quantitative estimate of drug-likeness (QED) is 0.826. The monoisotopic (exact) mass is 266 g/mol. The van der Waals surface area contributed by atoms with Gasteiger partial charge in [-0.15, -0.1) is 0 Å². The molecule has 0 aliphatic rings. The summed E-state index contributed by atoms with van der Waals surface area (Å²) in [5, 5.41) is 8.00. The van der Waals surface area contributed by atoms with Crippen molar-refractivity contribution in [1.82, 2.24) is 15.1 Å². The number of hydrogen-bond donors (Lipinski definition) is 1. The van der Waals surface area contributed by atoms with E-state index in [0.29, 0.717) is 28.4 Å². The molecule has 0 saturated carbocycles. The minimum atomic E-state index is -0.286. The molecule has 0 aliphatic heterocycles.